The van der Waals surface area contributed by atoms with Crippen LogP contribution in [0.15, 0.2) is 18.2 Å². The number of hydrogen-bond acceptors (Lipinski definition) is 5. The molecule has 94 valence electrons. The average Bonchev–Trinajstić information content (AvgIpc) is 2.68. The van der Waals surface area contributed by atoms with Gasteiger partial charge in [0.15, 0.2) is 5.78 Å². The maximum absolute atomic E-state index is 11.9. The van der Waals surface area contributed by atoms with Gasteiger partial charge in [-0.1, -0.05) is 0 Å². The van der Waals surface area contributed by atoms with Crippen molar-refractivity contribution in [3.63, 3.8) is 0 Å². The first-order chi connectivity index (χ1) is 8.60. The van der Waals surface area contributed by atoms with E-state index in [0.29, 0.717) is 12.2 Å². The van der Waals surface area contributed by atoms with Gasteiger partial charge in [-0.3, -0.25) is 9.59 Å². The van der Waals surface area contributed by atoms with Crippen LogP contribution in [-0.2, 0) is 9.53 Å². The van der Waals surface area contributed by atoms with Crippen LogP contribution >= 0.6 is 11.3 Å². The molecule has 2 rings (SSSR count). The molecule has 0 aliphatic carbocycles. The van der Waals surface area contributed by atoms with Crippen LogP contribution in [0.4, 0.5) is 0 Å². The Morgan fingerprint density at radius 1 is 1.39 bits per heavy atom. The zero-order valence-electron chi connectivity index (χ0n) is 10.2. The average molecular weight is 263 g/mol. The topological polar surface area (TPSA) is 56.3 Å². The van der Waals surface area contributed by atoms with Crippen LogP contribution in [0.25, 0.3) is 10.2 Å². The second kappa shape index (κ2) is 5.27. The Kier molecular flexibility index (Phi) is 3.72. The molecule has 1 heterocycles. The molecule has 18 heavy (non-hydrogen) atoms. The van der Waals surface area contributed by atoms with Crippen LogP contribution < -0.4 is 0 Å². The van der Waals surface area contributed by atoms with Crippen molar-refractivity contribution in [1.29, 1.82) is 0 Å². The summed E-state index contributed by atoms with van der Waals surface area (Å²) in [4.78, 5) is 27.4. The lowest BCUT2D eigenvalue weighted by molar-refractivity contribution is -0.141. The number of esters is 1. The first-order valence-corrected chi connectivity index (χ1v) is 6.48. The third-order valence-electron chi connectivity index (χ3n) is 2.43. The van der Waals surface area contributed by atoms with Gasteiger partial charge in [-0.25, -0.2) is 4.98 Å². The summed E-state index contributed by atoms with van der Waals surface area (Å²) in [6, 6.07) is 5.28. The quantitative estimate of drug-likeness (QED) is 0.483. The SMILES string of the molecule is CCOC(=O)CC(=O)c1ccc2nc(C)sc2c1. The van der Waals surface area contributed by atoms with Crippen molar-refractivity contribution in [2.45, 2.75) is 20.3 Å². The number of carbonyl (C=O) groups excluding carboxylic acids is 2. The molecule has 0 amide bonds. The molecule has 0 N–H and O–H groups in total. The van der Waals surface area contributed by atoms with Gasteiger partial charge in [0.2, 0.25) is 0 Å². The number of Topliss-reactive ketones (excluding diaryl/α,β-unsaturated/α-hetero) is 1. The molecular formula is C13H13NO3S. The van der Waals surface area contributed by atoms with Crippen molar-refractivity contribution in [3.8, 4) is 0 Å². The Morgan fingerprint density at radius 3 is 2.89 bits per heavy atom. The number of ether oxygens (including phenoxy) is 1. The second-order valence-electron chi connectivity index (χ2n) is 3.82. The summed E-state index contributed by atoms with van der Waals surface area (Å²) in [5.74, 6) is -0.704. The van der Waals surface area contributed by atoms with Crippen molar-refractivity contribution in [1.82, 2.24) is 4.98 Å². The Morgan fingerprint density at radius 2 is 2.17 bits per heavy atom. The van der Waals surface area contributed by atoms with Gasteiger partial charge in [-0.05, 0) is 32.0 Å². The maximum atomic E-state index is 11.9. The number of nitrogens with zero attached hydrogens (tertiary/aromatic N) is 1. The Bertz CT molecular complexity index is 603. The van der Waals surface area contributed by atoms with Gasteiger partial charge in [0.1, 0.15) is 6.42 Å². The number of fused-ring (bicyclic) bond motifs is 1. The Labute approximate surface area is 109 Å². The van der Waals surface area contributed by atoms with E-state index in [1.54, 1.807) is 25.1 Å². The lowest BCUT2D eigenvalue weighted by Crippen LogP contribution is -2.11. The Hall–Kier alpha value is -1.75. The van der Waals surface area contributed by atoms with E-state index >= 15 is 0 Å². The molecule has 0 fully saturated rings. The molecule has 0 saturated heterocycles. The van der Waals surface area contributed by atoms with Crippen LogP contribution in [-0.4, -0.2) is 23.3 Å². The molecule has 0 atom stereocenters. The number of hydrogen-bond donors (Lipinski definition) is 0. The molecule has 1 aromatic heterocycles. The number of ketones is 1. The monoisotopic (exact) mass is 263 g/mol. The molecule has 1 aromatic carbocycles. The lowest BCUT2D eigenvalue weighted by Gasteiger charge is -2.01. The number of rotatable bonds is 4. The van der Waals surface area contributed by atoms with Crippen molar-refractivity contribution in [3.05, 3.63) is 28.8 Å². The molecular weight excluding hydrogens is 250 g/mol. The van der Waals surface area contributed by atoms with Crippen LogP contribution in [0.1, 0.15) is 28.7 Å². The largest absolute Gasteiger partial charge is 0.466 e. The number of benzene rings is 1. The van der Waals surface area contributed by atoms with E-state index in [9.17, 15) is 9.59 Å². The van der Waals surface area contributed by atoms with Crippen molar-refractivity contribution in [2.24, 2.45) is 0 Å². The van der Waals surface area contributed by atoms with Gasteiger partial charge < -0.3 is 4.74 Å². The molecule has 0 spiro atoms. The van der Waals surface area contributed by atoms with Gasteiger partial charge in [0, 0.05) is 5.56 Å². The van der Waals surface area contributed by atoms with Gasteiger partial charge >= 0.3 is 5.97 Å². The van der Waals surface area contributed by atoms with Crippen LogP contribution in [0, 0.1) is 6.92 Å². The number of aromatic nitrogens is 1. The fourth-order valence-electron chi connectivity index (χ4n) is 1.66. The zero-order chi connectivity index (χ0) is 13.1. The molecule has 0 unspecified atom stereocenters. The first kappa shape index (κ1) is 12.7. The van der Waals surface area contributed by atoms with E-state index in [1.807, 2.05) is 6.92 Å². The van der Waals surface area contributed by atoms with Crippen LogP contribution in [0.3, 0.4) is 0 Å². The van der Waals surface area contributed by atoms with Crippen LogP contribution in [0.2, 0.25) is 0 Å². The highest BCUT2D eigenvalue weighted by Gasteiger charge is 2.13. The zero-order valence-corrected chi connectivity index (χ0v) is 11.0. The van der Waals surface area contributed by atoms with E-state index in [2.05, 4.69) is 4.98 Å². The molecule has 0 aliphatic heterocycles. The molecule has 0 bridgehead atoms. The summed E-state index contributed by atoms with van der Waals surface area (Å²) in [7, 11) is 0. The molecule has 0 radical (unpaired) electrons. The highest BCUT2D eigenvalue weighted by atomic mass is 32.1. The predicted octanol–water partition coefficient (Wildman–Crippen LogP) is 2.74. The van der Waals surface area contributed by atoms with E-state index in [0.717, 1.165) is 15.2 Å². The molecule has 2 aromatic rings. The third-order valence-corrected chi connectivity index (χ3v) is 3.36. The smallest absolute Gasteiger partial charge is 0.313 e. The standard InChI is InChI=1S/C13H13NO3S/c1-3-17-13(16)7-11(15)9-4-5-10-12(6-9)18-8(2)14-10/h4-6H,3,7H2,1-2H3. The summed E-state index contributed by atoms with van der Waals surface area (Å²) >= 11 is 1.53. The highest BCUT2D eigenvalue weighted by Crippen LogP contribution is 2.23. The minimum atomic E-state index is -0.483. The third kappa shape index (κ3) is 2.73. The second-order valence-corrected chi connectivity index (χ2v) is 5.06. The summed E-state index contributed by atoms with van der Waals surface area (Å²) in [5, 5.41) is 0.958. The van der Waals surface area contributed by atoms with E-state index in [4.69, 9.17) is 4.74 Å². The van der Waals surface area contributed by atoms with Gasteiger partial charge in [0.05, 0.1) is 21.8 Å². The van der Waals surface area contributed by atoms with E-state index < -0.39 is 5.97 Å². The number of aryl methyl sites for hydroxylation is 1. The van der Waals surface area contributed by atoms with E-state index in [-0.39, 0.29) is 12.2 Å². The van der Waals surface area contributed by atoms with Gasteiger partial charge in [-0.15, -0.1) is 11.3 Å². The van der Waals surface area contributed by atoms with Crippen molar-refractivity contribution < 1.29 is 14.3 Å². The minimum absolute atomic E-state index is 0.211. The van der Waals surface area contributed by atoms with Crippen LogP contribution in [0.5, 0.6) is 0 Å². The molecule has 4 nitrogen and oxygen atoms in total. The molecule has 5 heteroatoms. The summed E-state index contributed by atoms with van der Waals surface area (Å²) < 4.78 is 5.72. The molecule has 0 saturated carbocycles. The van der Waals surface area contributed by atoms with Gasteiger partial charge in [-0.2, -0.15) is 0 Å². The first-order valence-electron chi connectivity index (χ1n) is 5.66. The van der Waals surface area contributed by atoms with E-state index in [1.165, 1.54) is 11.3 Å². The van der Waals surface area contributed by atoms with Crippen molar-refractivity contribution in [2.75, 3.05) is 6.61 Å². The normalized spacial score (nSPS) is 10.6. The number of carbonyl (C=O) groups is 2. The summed E-state index contributed by atoms with van der Waals surface area (Å²) in [5.41, 5.74) is 1.41. The summed E-state index contributed by atoms with van der Waals surface area (Å²) in [6.07, 6.45) is -0.211. The fraction of sp³-hybridized carbons (Fsp3) is 0.308. The maximum Gasteiger partial charge on any atom is 0.313 e. The predicted molar refractivity (Wildman–Crippen MR) is 69.9 cm³/mol. The Balaban J connectivity index is 2.20. The molecule has 0 aliphatic rings. The lowest BCUT2D eigenvalue weighted by atomic mass is 10.1. The van der Waals surface area contributed by atoms with Gasteiger partial charge in [0.25, 0.3) is 0 Å². The fourth-order valence-corrected chi connectivity index (χ4v) is 2.52. The summed E-state index contributed by atoms with van der Waals surface area (Å²) in [6.45, 7) is 3.93. The van der Waals surface area contributed by atoms with Crippen molar-refractivity contribution >= 4 is 33.3 Å². The highest BCUT2D eigenvalue weighted by molar-refractivity contribution is 7.18. The minimum Gasteiger partial charge on any atom is -0.466 e. The number of thiazole rings is 1.